The standard InChI is InChI=1S/C19H16FN3O3/c1-11-17(12-6-8-13(20)9-7-12)18(23-22-11)21-19(24)16-10-25-14-4-2-3-5-15(14)26-16/h2-9,16H,10H2,1H3,(H2,21,22,23,24)/t16-/m1/s1. The number of fused-ring (bicyclic) bond motifs is 1. The highest BCUT2D eigenvalue weighted by molar-refractivity contribution is 5.97. The fourth-order valence-electron chi connectivity index (χ4n) is 2.84. The third-order valence-electron chi connectivity index (χ3n) is 4.12. The zero-order valence-electron chi connectivity index (χ0n) is 14.0. The zero-order chi connectivity index (χ0) is 18.1. The van der Waals surface area contributed by atoms with Gasteiger partial charge < -0.3 is 14.8 Å². The summed E-state index contributed by atoms with van der Waals surface area (Å²) >= 11 is 0. The lowest BCUT2D eigenvalue weighted by Gasteiger charge is -2.25. The Hall–Kier alpha value is -3.35. The van der Waals surface area contributed by atoms with Crippen LogP contribution in [0.1, 0.15) is 5.69 Å². The topological polar surface area (TPSA) is 76.2 Å². The van der Waals surface area contributed by atoms with Crippen molar-refractivity contribution in [2.75, 3.05) is 11.9 Å². The predicted molar refractivity (Wildman–Crippen MR) is 93.7 cm³/mol. The molecule has 6 nitrogen and oxygen atoms in total. The van der Waals surface area contributed by atoms with Crippen LogP contribution in [-0.4, -0.2) is 28.8 Å². The van der Waals surface area contributed by atoms with Gasteiger partial charge in [-0.15, -0.1) is 0 Å². The summed E-state index contributed by atoms with van der Waals surface area (Å²) in [5.41, 5.74) is 2.22. The van der Waals surface area contributed by atoms with Crippen molar-refractivity contribution in [1.29, 1.82) is 0 Å². The Labute approximate surface area is 149 Å². The summed E-state index contributed by atoms with van der Waals surface area (Å²) in [5, 5.41) is 9.76. The van der Waals surface area contributed by atoms with Crippen LogP contribution in [0.25, 0.3) is 11.1 Å². The summed E-state index contributed by atoms with van der Waals surface area (Å²) in [7, 11) is 0. The van der Waals surface area contributed by atoms with Crippen molar-refractivity contribution in [2.45, 2.75) is 13.0 Å². The smallest absolute Gasteiger partial charge is 0.270 e. The second-order valence-electron chi connectivity index (χ2n) is 5.93. The van der Waals surface area contributed by atoms with E-state index in [-0.39, 0.29) is 18.3 Å². The van der Waals surface area contributed by atoms with Crippen molar-refractivity contribution >= 4 is 11.7 Å². The molecule has 1 aliphatic rings. The Morgan fingerprint density at radius 2 is 1.92 bits per heavy atom. The Morgan fingerprint density at radius 3 is 2.69 bits per heavy atom. The van der Waals surface area contributed by atoms with Gasteiger partial charge in [0.05, 0.1) is 0 Å². The molecule has 2 N–H and O–H groups in total. The Bertz CT molecular complexity index is 953. The van der Waals surface area contributed by atoms with Crippen molar-refractivity contribution < 1.29 is 18.7 Å². The first-order valence-corrected chi connectivity index (χ1v) is 8.12. The van der Waals surface area contributed by atoms with Gasteiger partial charge in [0.15, 0.2) is 17.3 Å². The number of benzene rings is 2. The van der Waals surface area contributed by atoms with Gasteiger partial charge in [0.1, 0.15) is 12.4 Å². The van der Waals surface area contributed by atoms with Crippen LogP contribution in [0.4, 0.5) is 10.2 Å². The number of hydrogen-bond donors (Lipinski definition) is 2. The van der Waals surface area contributed by atoms with Gasteiger partial charge in [0.25, 0.3) is 5.91 Å². The number of H-pyrrole nitrogens is 1. The quantitative estimate of drug-likeness (QED) is 0.757. The van der Waals surface area contributed by atoms with E-state index in [9.17, 15) is 9.18 Å². The highest BCUT2D eigenvalue weighted by Crippen LogP contribution is 2.32. The Morgan fingerprint density at radius 1 is 1.19 bits per heavy atom. The number of ether oxygens (including phenoxy) is 2. The molecule has 0 saturated carbocycles. The molecule has 26 heavy (non-hydrogen) atoms. The van der Waals surface area contributed by atoms with E-state index in [1.165, 1.54) is 12.1 Å². The summed E-state index contributed by atoms with van der Waals surface area (Å²) in [6.45, 7) is 1.94. The molecule has 0 radical (unpaired) electrons. The molecular formula is C19H16FN3O3. The molecule has 0 fully saturated rings. The van der Waals surface area contributed by atoms with Crippen LogP contribution >= 0.6 is 0 Å². The second-order valence-corrected chi connectivity index (χ2v) is 5.93. The number of nitrogens with zero attached hydrogens (tertiary/aromatic N) is 1. The Balaban J connectivity index is 1.55. The molecule has 0 aliphatic carbocycles. The largest absolute Gasteiger partial charge is 0.485 e. The van der Waals surface area contributed by atoms with Crippen LogP contribution in [0, 0.1) is 12.7 Å². The number of aryl methyl sites for hydroxylation is 1. The van der Waals surface area contributed by atoms with Crippen molar-refractivity contribution in [3.63, 3.8) is 0 Å². The Kier molecular flexibility index (Phi) is 4.04. The van der Waals surface area contributed by atoms with Crippen LogP contribution in [0.15, 0.2) is 48.5 Å². The van der Waals surface area contributed by atoms with Crippen LogP contribution in [0.3, 0.4) is 0 Å². The molecule has 1 aromatic heterocycles. The number of anilines is 1. The summed E-state index contributed by atoms with van der Waals surface area (Å²) < 4.78 is 24.5. The van der Waals surface area contributed by atoms with Gasteiger partial charge in [0, 0.05) is 11.3 Å². The van der Waals surface area contributed by atoms with Gasteiger partial charge in [0.2, 0.25) is 6.10 Å². The highest BCUT2D eigenvalue weighted by Gasteiger charge is 2.28. The van der Waals surface area contributed by atoms with E-state index >= 15 is 0 Å². The first-order valence-electron chi connectivity index (χ1n) is 8.12. The minimum atomic E-state index is -0.789. The first-order chi connectivity index (χ1) is 12.6. The lowest BCUT2D eigenvalue weighted by atomic mass is 10.1. The summed E-state index contributed by atoms with van der Waals surface area (Å²) in [4.78, 5) is 12.6. The molecule has 0 saturated heterocycles. The van der Waals surface area contributed by atoms with E-state index in [0.717, 1.165) is 11.3 Å². The van der Waals surface area contributed by atoms with E-state index in [2.05, 4.69) is 15.5 Å². The van der Waals surface area contributed by atoms with Gasteiger partial charge in [-0.2, -0.15) is 5.10 Å². The number of aromatic amines is 1. The molecule has 132 valence electrons. The number of halogens is 1. The highest BCUT2D eigenvalue weighted by atomic mass is 19.1. The fourth-order valence-corrected chi connectivity index (χ4v) is 2.84. The minimum Gasteiger partial charge on any atom is -0.485 e. The summed E-state index contributed by atoms with van der Waals surface area (Å²) in [5.74, 6) is 0.804. The maximum Gasteiger partial charge on any atom is 0.270 e. The van der Waals surface area contributed by atoms with Crippen LogP contribution in [0.2, 0.25) is 0 Å². The summed E-state index contributed by atoms with van der Waals surface area (Å²) in [6, 6.07) is 13.2. The minimum absolute atomic E-state index is 0.109. The second kappa shape index (κ2) is 6.51. The maximum atomic E-state index is 13.2. The summed E-state index contributed by atoms with van der Waals surface area (Å²) in [6.07, 6.45) is -0.789. The number of nitrogens with one attached hydrogen (secondary N) is 2. The molecule has 4 rings (SSSR count). The molecule has 1 amide bonds. The third-order valence-corrected chi connectivity index (χ3v) is 4.12. The van der Waals surface area contributed by atoms with Crippen molar-refractivity contribution in [1.82, 2.24) is 10.2 Å². The average Bonchev–Trinajstić information content (AvgIpc) is 3.02. The van der Waals surface area contributed by atoms with Gasteiger partial charge in [-0.3, -0.25) is 9.89 Å². The van der Waals surface area contributed by atoms with E-state index < -0.39 is 6.10 Å². The number of hydrogen-bond acceptors (Lipinski definition) is 4. The third kappa shape index (κ3) is 2.99. The van der Waals surface area contributed by atoms with Gasteiger partial charge in [-0.1, -0.05) is 24.3 Å². The monoisotopic (exact) mass is 353 g/mol. The SMILES string of the molecule is Cc1[nH]nc(NC(=O)[C@H]2COc3ccccc3O2)c1-c1ccc(F)cc1. The van der Waals surface area contributed by atoms with Gasteiger partial charge in [-0.05, 0) is 36.8 Å². The lowest BCUT2D eigenvalue weighted by Crippen LogP contribution is -2.40. The molecule has 7 heteroatoms. The van der Waals surface area contributed by atoms with E-state index in [1.54, 1.807) is 24.3 Å². The van der Waals surface area contributed by atoms with Gasteiger partial charge >= 0.3 is 0 Å². The van der Waals surface area contributed by atoms with Crippen LogP contribution < -0.4 is 14.8 Å². The first kappa shape index (κ1) is 16.1. The normalized spacial score (nSPS) is 15.5. The molecule has 1 atom stereocenters. The average molecular weight is 353 g/mol. The number of para-hydroxylation sites is 2. The van der Waals surface area contributed by atoms with Crippen LogP contribution in [0.5, 0.6) is 11.5 Å². The van der Waals surface area contributed by atoms with E-state index in [4.69, 9.17) is 9.47 Å². The predicted octanol–water partition coefficient (Wildman–Crippen LogP) is 3.30. The number of amides is 1. The van der Waals surface area contributed by atoms with E-state index in [1.807, 2.05) is 19.1 Å². The molecule has 0 bridgehead atoms. The van der Waals surface area contributed by atoms with Crippen molar-refractivity contribution in [2.24, 2.45) is 0 Å². The van der Waals surface area contributed by atoms with Gasteiger partial charge in [-0.25, -0.2) is 4.39 Å². The molecule has 2 aromatic carbocycles. The number of aromatic nitrogens is 2. The van der Waals surface area contributed by atoms with Crippen LogP contribution in [-0.2, 0) is 4.79 Å². The fraction of sp³-hybridized carbons (Fsp3) is 0.158. The molecule has 0 spiro atoms. The van der Waals surface area contributed by atoms with E-state index in [0.29, 0.717) is 22.9 Å². The molecule has 2 heterocycles. The molecular weight excluding hydrogens is 337 g/mol. The zero-order valence-corrected chi connectivity index (χ0v) is 14.0. The number of rotatable bonds is 3. The number of carbonyl (C=O) groups is 1. The maximum absolute atomic E-state index is 13.2. The molecule has 3 aromatic rings. The van der Waals surface area contributed by atoms with Crippen molar-refractivity contribution in [3.05, 3.63) is 60.0 Å². The number of carbonyl (C=O) groups excluding carboxylic acids is 1. The molecule has 0 unspecified atom stereocenters. The van der Waals surface area contributed by atoms with Crippen molar-refractivity contribution in [3.8, 4) is 22.6 Å². The molecule has 1 aliphatic heterocycles. The lowest BCUT2D eigenvalue weighted by molar-refractivity contribution is -0.125.